The number of rotatable bonds is 4. The van der Waals surface area contributed by atoms with Gasteiger partial charge in [-0.1, -0.05) is 48.0 Å². The first-order valence-electron chi connectivity index (χ1n) is 10.4. The van der Waals surface area contributed by atoms with Gasteiger partial charge in [0.1, 0.15) is 5.75 Å². The largest absolute Gasteiger partial charge is 0.484 e. The number of ether oxygens (including phenoxy) is 1. The number of hydrogen-bond acceptors (Lipinski definition) is 3. The lowest BCUT2D eigenvalue weighted by Crippen LogP contribution is -2.51. The fraction of sp³-hybridized carbons (Fsp3) is 0.280. The molecular formula is C25H25ClN2O3. The predicted molar refractivity (Wildman–Crippen MR) is 123 cm³/mol. The second kappa shape index (κ2) is 8.98. The molecule has 6 heteroatoms. The molecule has 3 aromatic rings. The van der Waals surface area contributed by atoms with Crippen LogP contribution >= 0.6 is 11.6 Å². The van der Waals surface area contributed by atoms with Crippen molar-refractivity contribution in [1.82, 2.24) is 9.80 Å². The molecule has 0 spiro atoms. The van der Waals surface area contributed by atoms with E-state index in [4.69, 9.17) is 16.3 Å². The van der Waals surface area contributed by atoms with Gasteiger partial charge in [0.2, 0.25) is 0 Å². The van der Waals surface area contributed by atoms with Gasteiger partial charge in [0.25, 0.3) is 11.8 Å². The number of hydrogen-bond donors (Lipinski definition) is 0. The summed E-state index contributed by atoms with van der Waals surface area (Å²) in [5.41, 5.74) is 2.55. The zero-order chi connectivity index (χ0) is 22.0. The van der Waals surface area contributed by atoms with Crippen LogP contribution in [0.25, 0.3) is 10.8 Å². The maximum atomic E-state index is 13.1. The number of fused-ring (bicyclic) bond motifs is 1. The maximum Gasteiger partial charge on any atom is 0.260 e. The molecule has 0 atom stereocenters. The van der Waals surface area contributed by atoms with Crippen molar-refractivity contribution in [3.63, 3.8) is 0 Å². The minimum Gasteiger partial charge on any atom is -0.484 e. The summed E-state index contributed by atoms with van der Waals surface area (Å²) in [5, 5.41) is 2.72. The lowest BCUT2D eigenvalue weighted by Gasteiger charge is -2.35. The second-order valence-electron chi connectivity index (χ2n) is 7.86. The first kappa shape index (κ1) is 21.2. The Morgan fingerprint density at radius 3 is 2.23 bits per heavy atom. The van der Waals surface area contributed by atoms with Crippen LogP contribution in [0.4, 0.5) is 0 Å². The monoisotopic (exact) mass is 436 g/mol. The Balaban J connectivity index is 1.35. The smallest absolute Gasteiger partial charge is 0.260 e. The Labute approximate surface area is 187 Å². The van der Waals surface area contributed by atoms with E-state index in [0.717, 1.165) is 21.9 Å². The van der Waals surface area contributed by atoms with Gasteiger partial charge in [0.05, 0.1) is 0 Å². The molecule has 2 amide bonds. The SMILES string of the molecule is Cc1cc(OCC(=O)N2CCN(C(=O)c3cccc4ccccc34)CC2)cc(C)c1Cl. The van der Waals surface area contributed by atoms with Gasteiger partial charge >= 0.3 is 0 Å². The Morgan fingerprint density at radius 2 is 1.52 bits per heavy atom. The van der Waals surface area contributed by atoms with Crippen molar-refractivity contribution in [2.45, 2.75) is 13.8 Å². The maximum absolute atomic E-state index is 13.1. The normalized spacial score (nSPS) is 14.0. The number of nitrogens with zero attached hydrogens (tertiary/aromatic N) is 2. The highest BCUT2D eigenvalue weighted by Gasteiger charge is 2.26. The third-order valence-electron chi connectivity index (χ3n) is 5.71. The molecule has 0 bridgehead atoms. The highest BCUT2D eigenvalue weighted by atomic mass is 35.5. The number of amides is 2. The second-order valence-corrected chi connectivity index (χ2v) is 8.24. The minimum absolute atomic E-state index is 0.00673. The van der Waals surface area contributed by atoms with Crippen LogP contribution in [0.15, 0.2) is 54.6 Å². The number of piperazine rings is 1. The number of carbonyl (C=O) groups is 2. The first-order chi connectivity index (χ1) is 14.9. The van der Waals surface area contributed by atoms with Gasteiger partial charge < -0.3 is 14.5 Å². The zero-order valence-corrected chi connectivity index (χ0v) is 18.5. The third-order valence-corrected chi connectivity index (χ3v) is 6.31. The fourth-order valence-electron chi connectivity index (χ4n) is 3.97. The summed E-state index contributed by atoms with van der Waals surface area (Å²) in [5.74, 6) is 0.562. The molecule has 4 rings (SSSR count). The van der Waals surface area contributed by atoms with E-state index in [-0.39, 0.29) is 18.4 Å². The molecule has 5 nitrogen and oxygen atoms in total. The van der Waals surface area contributed by atoms with Gasteiger partial charge in [0.15, 0.2) is 6.61 Å². The summed E-state index contributed by atoms with van der Waals surface area (Å²) < 4.78 is 5.70. The standard InChI is InChI=1S/C25H25ClN2O3/c1-17-14-20(15-18(2)24(17)26)31-16-23(29)27-10-12-28(13-11-27)25(30)22-9-5-7-19-6-3-4-8-21(19)22/h3-9,14-15H,10-13,16H2,1-2H3. The van der Waals surface area contributed by atoms with E-state index < -0.39 is 0 Å². The molecule has 1 aliphatic heterocycles. The van der Waals surface area contributed by atoms with Crippen LogP contribution in [0.2, 0.25) is 5.02 Å². The van der Waals surface area contributed by atoms with Crippen molar-refractivity contribution in [1.29, 1.82) is 0 Å². The Bertz CT molecular complexity index is 1110. The number of carbonyl (C=O) groups excluding carboxylic acids is 2. The first-order valence-corrected chi connectivity index (χ1v) is 10.8. The number of halogens is 1. The average Bonchev–Trinajstić information content (AvgIpc) is 2.80. The number of aryl methyl sites for hydroxylation is 2. The molecular weight excluding hydrogens is 412 g/mol. The lowest BCUT2D eigenvalue weighted by atomic mass is 10.0. The van der Waals surface area contributed by atoms with E-state index in [1.807, 2.05) is 73.3 Å². The van der Waals surface area contributed by atoms with E-state index >= 15 is 0 Å². The summed E-state index contributed by atoms with van der Waals surface area (Å²) in [6.07, 6.45) is 0. The van der Waals surface area contributed by atoms with Crippen molar-refractivity contribution in [2.24, 2.45) is 0 Å². The summed E-state index contributed by atoms with van der Waals surface area (Å²) in [6, 6.07) is 17.3. The van der Waals surface area contributed by atoms with E-state index in [2.05, 4.69) is 0 Å². The third kappa shape index (κ3) is 4.52. The van der Waals surface area contributed by atoms with Crippen molar-refractivity contribution in [3.05, 3.63) is 76.3 Å². The van der Waals surface area contributed by atoms with Gasteiger partial charge in [0, 0.05) is 36.8 Å². The molecule has 0 N–H and O–H groups in total. The molecule has 1 saturated heterocycles. The molecule has 160 valence electrons. The van der Waals surface area contributed by atoms with Gasteiger partial charge in [-0.25, -0.2) is 0 Å². The average molecular weight is 437 g/mol. The fourth-order valence-corrected chi connectivity index (χ4v) is 4.08. The van der Waals surface area contributed by atoms with E-state index in [1.165, 1.54) is 0 Å². The molecule has 0 radical (unpaired) electrons. The van der Waals surface area contributed by atoms with Crippen LogP contribution in [0, 0.1) is 13.8 Å². The molecule has 1 fully saturated rings. The van der Waals surface area contributed by atoms with E-state index in [9.17, 15) is 9.59 Å². The van der Waals surface area contributed by atoms with Crippen molar-refractivity contribution in [2.75, 3.05) is 32.8 Å². The van der Waals surface area contributed by atoms with Gasteiger partial charge in [-0.05, 0) is 53.9 Å². The summed E-state index contributed by atoms with van der Waals surface area (Å²) in [7, 11) is 0. The molecule has 31 heavy (non-hydrogen) atoms. The highest BCUT2D eigenvalue weighted by Crippen LogP contribution is 2.26. The quantitative estimate of drug-likeness (QED) is 0.606. The van der Waals surface area contributed by atoms with E-state index in [0.29, 0.717) is 42.5 Å². The van der Waals surface area contributed by atoms with Gasteiger partial charge in [-0.15, -0.1) is 0 Å². The predicted octanol–water partition coefficient (Wildman–Crippen LogP) is 4.47. The van der Waals surface area contributed by atoms with Crippen molar-refractivity contribution < 1.29 is 14.3 Å². The summed E-state index contributed by atoms with van der Waals surface area (Å²) >= 11 is 6.19. The molecule has 0 unspecified atom stereocenters. The Kier molecular flexibility index (Phi) is 6.14. The minimum atomic E-state index is -0.0810. The van der Waals surface area contributed by atoms with Crippen molar-refractivity contribution in [3.8, 4) is 5.75 Å². The zero-order valence-electron chi connectivity index (χ0n) is 17.7. The Hall–Kier alpha value is -3.05. The molecule has 0 aromatic heterocycles. The van der Waals surface area contributed by atoms with Crippen molar-refractivity contribution >= 4 is 34.2 Å². The topological polar surface area (TPSA) is 49.9 Å². The summed E-state index contributed by atoms with van der Waals surface area (Å²) in [4.78, 5) is 29.3. The van der Waals surface area contributed by atoms with Crippen LogP contribution in [0.5, 0.6) is 5.75 Å². The van der Waals surface area contributed by atoms with Crippen LogP contribution < -0.4 is 4.74 Å². The van der Waals surface area contributed by atoms with Crippen LogP contribution in [-0.2, 0) is 4.79 Å². The van der Waals surface area contributed by atoms with Gasteiger partial charge in [-0.3, -0.25) is 9.59 Å². The molecule has 0 aliphatic carbocycles. The number of benzene rings is 3. The van der Waals surface area contributed by atoms with Crippen LogP contribution in [0.3, 0.4) is 0 Å². The van der Waals surface area contributed by atoms with Crippen LogP contribution in [0.1, 0.15) is 21.5 Å². The van der Waals surface area contributed by atoms with Gasteiger partial charge in [-0.2, -0.15) is 0 Å². The van der Waals surface area contributed by atoms with E-state index in [1.54, 1.807) is 4.90 Å². The highest BCUT2D eigenvalue weighted by molar-refractivity contribution is 6.32. The lowest BCUT2D eigenvalue weighted by molar-refractivity contribution is -0.134. The molecule has 3 aromatic carbocycles. The molecule has 1 heterocycles. The molecule has 0 saturated carbocycles. The summed E-state index contributed by atoms with van der Waals surface area (Å²) in [6.45, 7) is 5.80. The molecule has 1 aliphatic rings. The van der Waals surface area contributed by atoms with Crippen LogP contribution in [-0.4, -0.2) is 54.4 Å². The Morgan fingerprint density at radius 1 is 0.903 bits per heavy atom.